The molecule has 0 bridgehead atoms. The fourth-order valence-corrected chi connectivity index (χ4v) is 2.06. The third-order valence-electron chi connectivity index (χ3n) is 1.95. The number of hydrogen-bond acceptors (Lipinski definition) is 4. The number of pyridine rings is 1. The summed E-state index contributed by atoms with van der Waals surface area (Å²) >= 11 is 9.01. The van der Waals surface area contributed by atoms with Crippen LogP contribution in [0, 0.1) is 0 Å². The second-order valence-electron chi connectivity index (χ2n) is 3.14. The molecular weight excluding hydrogens is 311 g/mol. The van der Waals surface area contributed by atoms with E-state index in [9.17, 15) is 4.79 Å². The molecule has 0 radical (unpaired) electrons. The van der Waals surface area contributed by atoms with Gasteiger partial charge in [0.05, 0.1) is 21.4 Å². The molecule has 0 aliphatic rings. The maximum atomic E-state index is 10.8. The topological polar surface area (TPSA) is 94.0 Å². The number of rotatable bonds is 2. The Morgan fingerprint density at radius 3 is 2.82 bits per heavy atom. The molecule has 0 atom stereocenters. The predicted octanol–water partition coefficient (Wildman–Crippen LogP) is 1.96. The summed E-state index contributed by atoms with van der Waals surface area (Å²) in [7, 11) is 0. The van der Waals surface area contributed by atoms with E-state index < -0.39 is 5.97 Å². The molecule has 2 aromatic heterocycles. The Hall–Kier alpha value is -1.60. The number of halogens is 2. The van der Waals surface area contributed by atoms with Crippen LogP contribution in [0.4, 0.5) is 5.69 Å². The third kappa shape index (κ3) is 2.25. The highest BCUT2D eigenvalue weighted by Gasteiger charge is 2.15. The number of aromatic nitrogens is 3. The van der Waals surface area contributed by atoms with Crippen LogP contribution in [0.25, 0.3) is 5.82 Å². The monoisotopic (exact) mass is 316 g/mol. The Morgan fingerprint density at radius 2 is 2.29 bits per heavy atom. The largest absolute Gasteiger partial charge is 0.476 e. The zero-order valence-electron chi connectivity index (χ0n) is 8.26. The van der Waals surface area contributed by atoms with Crippen LogP contribution < -0.4 is 5.73 Å². The smallest absolute Gasteiger partial charge is 0.358 e. The standard InChI is InChI=1S/C9H6BrClN4O2/c10-5-1-4(11)2-13-8(5)15-3-6(12)7(14-15)9(16)17/h1-3H,12H2,(H,16,17). The summed E-state index contributed by atoms with van der Waals surface area (Å²) in [5, 5.41) is 13.1. The highest BCUT2D eigenvalue weighted by atomic mass is 79.9. The second-order valence-corrected chi connectivity index (χ2v) is 4.43. The van der Waals surface area contributed by atoms with Crippen LogP contribution in [-0.4, -0.2) is 25.8 Å². The highest BCUT2D eigenvalue weighted by molar-refractivity contribution is 9.10. The average Bonchev–Trinajstić information content (AvgIpc) is 2.60. The SMILES string of the molecule is Nc1cn(-c2ncc(Cl)cc2Br)nc1C(=O)O. The van der Waals surface area contributed by atoms with Crippen LogP contribution in [0.5, 0.6) is 0 Å². The van der Waals surface area contributed by atoms with Crippen molar-refractivity contribution in [1.29, 1.82) is 0 Å². The number of anilines is 1. The zero-order valence-corrected chi connectivity index (χ0v) is 10.6. The van der Waals surface area contributed by atoms with Gasteiger partial charge in [-0.3, -0.25) is 0 Å². The molecule has 0 amide bonds. The van der Waals surface area contributed by atoms with Gasteiger partial charge in [-0.2, -0.15) is 5.10 Å². The van der Waals surface area contributed by atoms with E-state index in [0.717, 1.165) is 0 Å². The van der Waals surface area contributed by atoms with E-state index in [1.807, 2.05) is 0 Å². The summed E-state index contributed by atoms with van der Waals surface area (Å²) < 4.78 is 1.86. The lowest BCUT2D eigenvalue weighted by atomic mass is 10.4. The molecule has 3 N–H and O–H groups in total. The first-order chi connectivity index (χ1) is 7.99. The zero-order chi connectivity index (χ0) is 12.6. The van der Waals surface area contributed by atoms with E-state index in [0.29, 0.717) is 15.3 Å². The molecule has 0 saturated carbocycles. The van der Waals surface area contributed by atoms with E-state index in [4.69, 9.17) is 22.4 Å². The lowest BCUT2D eigenvalue weighted by molar-refractivity contribution is 0.0691. The highest BCUT2D eigenvalue weighted by Crippen LogP contribution is 2.23. The first-order valence-corrected chi connectivity index (χ1v) is 5.56. The number of aromatic carboxylic acids is 1. The molecule has 2 heterocycles. The van der Waals surface area contributed by atoms with Gasteiger partial charge >= 0.3 is 5.97 Å². The lowest BCUT2D eigenvalue weighted by Crippen LogP contribution is -2.04. The van der Waals surface area contributed by atoms with Gasteiger partial charge < -0.3 is 10.8 Å². The number of carboxylic acids is 1. The molecule has 2 aromatic rings. The number of carbonyl (C=O) groups is 1. The van der Waals surface area contributed by atoms with Crippen molar-refractivity contribution in [2.45, 2.75) is 0 Å². The maximum Gasteiger partial charge on any atom is 0.358 e. The Morgan fingerprint density at radius 1 is 1.59 bits per heavy atom. The molecule has 8 heteroatoms. The Labute approximate surface area is 109 Å². The Kier molecular flexibility index (Phi) is 3.03. The summed E-state index contributed by atoms with van der Waals surface area (Å²) in [6.45, 7) is 0. The van der Waals surface area contributed by atoms with Crippen LogP contribution in [0.2, 0.25) is 5.02 Å². The lowest BCUT2D eigenvalue weighted by Gasteiger charge is -2.02. The molecule has 0 spiro atoms. The summed E-state index contributed by atoms with van der Waals surface area (Å²) in [6, 6.07) is 1.63. The third-order valence-corrected chi connectivity index (χ3v) is 2.74. The van der Waals surface area contributed by atoms with Gasteiger partial charge in [-0.15, -0.1) is 0 Å². The molecule has 6 nitrogen and oxygen atoms in total. The minimum absolute atomic E-state index is 0.0705. The molecule has 0 saturated heterocycles. The van der Waals surface area contributed by atoms with Crippen molar-refractivity contribution in [3.8, 4) is 5.82 Å². The fraction of sp³-hybridized carbons (Fsp3) is 0. The van der Waals surface area contributed by atoms with Gasteiger partial charge in [-0.1, -0.05) is 11.6 Å². The van der Waals surface area contributed by atoms with Crippen molar-refractivity contribution < 1.29 is 9.90 Å². The Bertz CT molecular complexity index is 599. The number of carboxylic acid groups (broad SMARTS) is 1. The van der Waals surface area contributed by atoms with Crippen LogP contribution in [0.15, 0.2) is 22.9 Å². The number of nitrogens with zero attached hydrogens (tertiary/aromatic N) is 3. The van der Waals surface area contributed by atoms with E-state index in [2.05, 4.69) is 26.0 Å². The summed E-state index contributed by atoms with van der Waals surface area (Å²) in [6.07, 6.45) is 2.81. The van der Waals surface area contributed by atoms with Gasteiger partial charge in [-0.05, 0) is 22.0 Å². The van der Waals surface area contributed by atoms with Gasteiger partial charge in [0.25, 0.3) is 0 Å². The van der Waals surface area contributed by atoms with Gasteiger partial charge in [0.1, 0.15) is 0 Å². The van der Waals surface area contributed by atoms with Crippen molar-refractivity contribution in [3.63, 3.8) is 0 Å². The minimum Gasteiger partial charge on any atom is -0.476 e. The second kappa shape index (κ2) is 4.34. The van der Waals surface area contributed by atoms with Crippen molar-refractivity contribution in [1.82, 2.24) is 14.8 Å². The Balaban J connectivity index is 2.53. The molecule has 2 rings (SSSR count). The van der Waals surface area contributed by atoms with Crippen LogP contribution >= 0.6 is 27.5 Å². The van der Waals surface area contributed by atoms with Crippen LogP contribution in [0.3, 0.4) is 0 Å². The predicted molar refractivity (Wildman–Crippen MR) is 65.4 cm³/mol. The van der Waals surface area contributed by atoms with Crippen molar-refractivity contribution >= 4 is 39.2 Å². The van der Waals surface area contributed by atoms with Gasteiger partial charge in [0.15, 0.2) is 11.5 Å². The number of hydrogen-bond donors (Lipinski definition) is 2. The summed E-state index contributed by atoms with van der Waals surface area (Å²) in [5.74, 6) is -0.778. The molecule has 0 unspecified atom stereocenters. The van der Waals surface area contributed by atoms with E-state index in [1.54, 1.807) is 6.07 Å². The van der Waals surface area contributed by atoms with Crippen molar-refractivity contribution in [2.24, 2.45) is 0 Å². The average molecular weight is 318 g/mol. The quantitative estimate of drug-likeness (QED) is 0.883. The number of nitrogens with two attached hydrogens (primary N) is 1. The molecule has 88 valence electrons. The van der Waals surface area contributed by atoms with Crippen LogP contribution in [0.1, 0.15) is 10.5 Å². The first kappa shape index (κ1) is 11.9. The first-order valence-electron chi connectivity index (χ1n) is 4.39. The minimum atomic E-state index is -1.19. The molecule has 0 fully saturated rings. The number of nitrogen functional groups attached to an aromatic ring is 1. The summed E-state index contributed by atoms with van der Waals surface area (Å²) in [5.41, 5.74) is 5.38. The van der Waals surface area contributed by atoms with Gasteiger partial charge in [0.2, 0.25) is 0 Å². The molecule has 0 aliphatic carbocycles. The fourth-order valence-electron chi connectivity index (χ4n) is 1.24. The van der Waals surface area contributed by atoms with E-state index in [-0.39, 0.29) is 11.4 Å². The normalized spacial score (nSPS) is 10.5. The molecular formula is C9H6BrClN4O2. The maximum absolute atomic E-state index is 10.8. The van der Waals surface area contributed by atoms with E-state index >= 15 is 0 Å². The van der Waals surface area contributed by atoms with Gasteiger partial charge in [0, 0.05) is 6.20 Å². The summed E-state index contributed by atoms with van der Waals surface area (Å²) in [4.78, 5) is 14.8. The van der Waals surface area contributed by atoms with Crippen molar-refractivity contribution in [2.75, 3.05) is 5.73 Å². The van der Waals surface area contributed by atoms with Gasteiger partial charge in [-0.25, -0.2) is 14.5 Å². The molecule has 0 aliphatic heterocycles. The van der Waals surface area contributed by atoms with Crippen LogP contribution in [-0.2, 0) is 0 Å². The van der Waals surface area contributed by atoms with Crippen molar-refractivity contribution in [3.05, 3.63) is 33.6 Å². The van der Waals surface area contributed by atoms with E-state index in [1.165, 1.54) is 17.1 Å². The molecule has 0 aromatic carbocycles. The molecule has 17 heavy (non-hydrogen) atoms.